The van der Waals surface area contributed by atoms with Crippen LogP contribution < -0.4 is 9.47 Å². The van der Waals surface area contributed by atoms with E-state index in [4.69, 9.17) is 31.0 Å². The minimum absolute atomic E-state index is 0.180. The maximum Gasteiger partial charge on any atom is 0.236 e. The van der Waals surface area contributed by atoms with Crippen LogP contribution in [0.2, 0.25) is 5.02 Å². The van der Waals surface area contributed by atoms with Crippen LogP contribution in [0.3, 0.4) is 0 Å². The lowest BCUT2D eigenvalue weighted by atomic mass is 10.1. The monoisotopic (exact) mass is 390 g/mol. The highest BCUT2D eigenvalue weighted by atomic mass is 35.5. The molecule has 0 fully saturated rings. The Morgan fingerprint density at radius 2 is 1.74 bits per heavy atom. The van der Waals surface area contributed by atoms with E-state index in [2.05, 4.69) is 27.7 Å². The van der Waals surface area contributed by atoms with Gasteiger partial charge in [0.1, 0.15) is 17.5 Å². The van der Waals surface area contributed by atoms with E-state index >= 15 is 0 Å². The summed E-state index contributed by atoms with van der Waals surface area (Å²) in [5.41, 5.74) is 3.49. The van der Waals surface area contributed by atoms with Crippen LogP contribution in [0.15, 0.2) is 18.2 Å². The van der Waals surface area contributed by atoms with Gasteiger partial charge in [0.25, 0.3) is 0 Å². The van der Waals surface area contributed by atoms with Gasteiger partial charge in [-0.25, -0.2) is 9.97 Å². The fraction of sp³-hybridized carbons (Fsp3) is 0.545. The number of nitrogens with zero attached hydrogens (tertiary/aromatic N) is 2. The number of halogens is 1. The molecule has 0 radical (unpaired) electrons. The Bertz CT molecular complexity index is 749. The van der Waals surface area contributed by atoms with Crippen molar-refractivity contribution in [1.29, 1.82) is 0 Å². The molecule has 1 aromatic carbocycles. The predicted octanol–water partition coefficient (Wildman–Crippen LogP) is 6.28. The van der Waals surface area contributed by atoms with E-state index in [-0.39, 0.29) is 6.10 Å². The predicted molar refractivity (Wildman–Crippen MR) is 112 cm³/mol. The SMILES string of the molecule is CCCC(CC)Oc1nc(CC)c(-c2ccc(OCC)cc2Cl)nc1CC. The third-order valence-electron chi connectivity index (χ3n) is 4.52. The fourth-order valence-corrected chi connectivity index (χ4v) is 3.30. The molecule has 4 nitrogen and oxygen atoms in total. The van der Waals surface area contributed by atoms with Crippen LogP contribution in [0, 0.1) is 0 Å². The van der Waals surface area contributed by atoms with Gasteiger partial charge in [-0.3, -0.25) is 0 Å². The molecule has 0 aliphatic heterocycles. The number of aromatic nitrogens is 2. The Labute approximate surface area is 168 Å². The molecule has 0 aliphatic rings. The molecular weight excluding hydrogens is 360 g/mol. The van der Waals surface area contributed by atoms with Crippen molar-refractivity contribution in [3.8, 4) is 22.9 Å². The summed E-state index contributed by atoms with van der Waals surface area (Å²) in [5, 5.41) is 0.623. The lowest BCUT2D eigenvalue weighted by Crippen LogP contribution is -2.18. The van der Waals surface area contributed by atoms with Crippen molar-refractivity contribution < 1.29 is 9.47 Å². The van der Waals surface area contributed by atoms with Crippen molar-refractivity contribution in [2.24, 2.45) is 0 Å². The van der Waals surface area contributed by atoms with Crippen LogP contribution in [0.4, 0.5) is 0 Å². The average Bonchev–Trinajstić information content (AvgIpc) is 2.67. The zero-order valence-electron chi connectivity index (χ0n) is 17.1. The van der Waals surface area contributed by atoms with E-state index < -0.39 is 0 Å². The summed E-state index contributed by atoms with van der Waals surface area (Å²) in [6, 6.07) is 5.73. The van der Waals surface area contributed by atoms with E-state index in [1.807, 2.05) is 25.1 Å². The van der Waals surface area contributed by atoms with Gasteiger partial charge < -0.3 is 9.47 Å². The van der Waals surface area contributed by atoms with Crippen LogP contribution in [0.1, 0.15) is 65.3 Å². The summed E-state index contributed by atoms with van der Waals surface area (Å²) in [4.78, 5) is 9.74. The molecule has 0 saturated heterocycles. The van der Waals surface area contributed by atoms with Gasteiger partial charge in [0.15, 0.2) is 0 Å². The van der Waals surface area contributed by atoms with Crippen molar-refractivity contribution in [2.75, 3.05) is 6.61 Å². The van der Waals surface area contributed by atoms with Gasteiger partial charge in [-0.2, -0.15) is 0 Å². The lowest BCUT2D eigenvalue weighted by molar-refractivity contribution is 0.175. The minimum Gasteiger partial charge on any atom is -0.494 e. The highest BCUT2D eigenvalue weighted by Crippen LogP contribution is 2.34. The molecule has 1 aromatic heterocycles. The molecule has 0 bridgehead atoms. The Morgan fingerprint density at radius 3 is 2.30 bits per heavy atom. The minimum atomic E-state index is 0.180. The molecule has 5 heteroatoms. The molecule has 2 rings (SSSR count). The topological polar surface area (TPSA) is 44.2 Å². The van der Waals surface area contributed by atoms with Crippen LogP contribution in [0.25, 0.3) is 11.3 Å². The first-order valence-corrected chi connectivity index (χ1v) is 10.4. The summed E-state index contributed by atoms with van der Waals surface area (Å²) >= 11 is 6.53. The van der Waals surface area contributed by atoms with Gasteiger partial charge >= 0.3 is 0 Å². The van der Waals surface area contributed by atoms with Gasteiger partial charge in [-0.15, -0.1) is 0 Å². The number of hydrogen-bond acceptors (Lipinski definition) is 4. The molecule has 1 unspecified atom stereocenters. The zero-order valence-corrected chi connectivity index (χ0v) is 17.9. The quantitative estimate of drug-likeness (QED) is 0.479. The molecule has 1 atom stereocenters. The average molecular weight is 391 g/mol. The third-order valence-corrected chi connectivity index (χ3v) is 4.84. The summed E-state index contributed by atoms with van der Waals surface area (Å²) in [5.74, 6) is 1.43. The summed E-state index contributed by atoms with van der Waals surface area (Å²) in [6.45, 7) is 11.0. The smallest absolute Gasteiger partial charge is 0.236 e. The maximum atomic E-state index is 6.53. The van der Waals surface area contributed by atoms with Gasteiger partial charge in [-0.1, -0.05) is 45.7 Å². The molecule has 27 heavy (non-hydrogen) atoms. The number of hydrogen-bond donors (Lipinski definition) is 0. The Hall–Kier alpha value is -1.81. The molecule has 0 spiro atoms. The van der Waals surface area contributed by atoms with Crippen LogP contribution in [0.5, 0.6) is 11.6 Å². The molecule has 0 amide bonds. The van der Waals surface area contributed by atoms with E-state index in [0.717, 1.165) is 60.5 Å². The second kappa shape index (κ2) is 10.5. The van der Waals surface area contributed by atoms with Crippen molar-refractivity contribution in [3.05, 3.63) is 34.6 Å². The van der Waals surface area contributed by atoms with Crippen LogP contribution in [-0.4, -0.2) is 22.7 Å². The first-order chi connectivity index (χ1) is 13.1. The van der Waals surface area contributed by atoms with Crippen LogP contribution in [-0.2, 0) is 12.8 Å². The van der Waals surface area contributed by atoms with E-state index in [1.54, 1.807) is 0 Å². The zero-order chi connectivity index (χ0) is 19.8. The van der Waals surface area contributed by atoms with Crippen molar-refractivity contribution in [3.63, 3.8) is 0 Å². The van der Waals surface area contributed by atoms with E-state index in [0.29, 0.717) is 17.5 Å². The first kappa shape index (κ1) is 21.5. The van der Waals surface area contributed by atoms with Crippen molar-refractivity contribution in [2.45, 2.75) is 72.8 Å². The van der Waals surface area contributed by atoms with E-state index in [1.165, 1.54) is 0 Å². The Kier molecular flexibility index (Phi) is 8.36. The number of ether oxygens (including phenoxy) is 2. The largest absolute Gasteiger partial charge is 0.494 e. The Morgan fingerprint density at radius 1 is 1.00 bits per heavy atom. The van der Waals surface area contributed by atoms with Gasteiger partial charge in [0.2, 0.25) is 5.88 Å². The van der Waals surface area contributed by atoms with Crippen LogP contribution >= 0.6 is 11.6 Å². The van der Waals surface area contributed by atoms with Crippen molar-refractivity contribution in [1.82, 2.24) is 9.97 Å². The molecule has 0 saturated carbocycles. The summed E-state index contributed by atoms with van der Waals surface area (Å²) < 4.78 is 11.8. The number of rotatable bonds is 10. The second-order valence-electron chi connectivity index (χ2n) is 6.49. The van der Waals surface area contributed by atoms with Gasteiger partial charge in [0.05, 0.1) is 23.0 Å². The molecule has 1 heterocycles. The number of benzene rings is 1. The lowest BCUT2D eigenvalue weighted by Gasteiger charge is -2.20. The first-order valence-electron chi connectivity index (χ1n) is 10.1. The molecular formula is C22H31ClN2O2. The molecule has 2 aromatic rings. The second-order valence-corrected chi connectivity index (χ2v) is 6.90. The normalized spacial score (nSPS) is 12.1. The maximum absolute atomic E-state index is 6.53. The highest BCUT2D eigenvalue weighted by Gasteiger charge is 2.19. The van der Waals surface area contributed by atoms with Crippen molar-refractivity contribution >= 4 is 11.6 Å². The van der Waals surface area contributed by atoms with Gasteiger partial charge in [-0.05, 0) is 50.8 Å². The van der Waals surface area contributed by atoms with Gasteiger partial charge in [0, 0.05) is 5.56 Å². The molecule has 148 valence electrons. The summed E-state index contributed by atoms with van der Waals surface area (Å²) in [6.07, 6.45) is 4.78. The molecule has 0 aliphatic carbocycles. The standard InChI is InChI=1S/C22H31ClN2O2/c1-6-11-15(7-2)27-22-20(9-4)24-21(19(8-3)25-22)17-13-12-16(26-10-5)14-18(17)23/h12-15H,6-11H2,1-5H3. The third kappa shape index (κ3) is 5.35. The number of aryl methyl sites for hydroxylation is 2. The summed E-state index contributed by atoms with van der Waals surface area (Å²) in [7, 11) is 0. The fourth-order valence-electron chi connectivity index (χ4n) is 3.04. The van der Waals surface area contributed by atoms with E-state index in [9.17, 15) is 0 Å². The highest BCUT2D eigenvalue weighted by molar-refractivity contribution is 6.33. The Balaban J connectivity index is 2.46. The molecule has 0 N–H and O–H groups in total.